The van der Waals surface area contributed by atoms with Crippen molar-refractivity contribution in [3.63, 3.8) is 0 Å². The number of fused-ring (bicyclic) bond motifs is 1. The molecule has 2 amide bonds. The molecule has 1 aliphatic heterocycles. The summed E-state index contributed by atoms with van der Waals surface area (Å²) in [6.07, 6.45) is 0.918. The zero-order valence-corrected chi connectivity index (χ0v) is 26.5. The predicted octanol–water partition coefficient (Wildman–Crippen LogP) is 5.11. The Morgan fingerprint density at radius 1 is 1.07 bits per heavy atom. The van der Waals surface area contributed by atoms with Crippen molar-refractivity contribution in [2.45, 2.75) is 45.4 Å². The Morgan fingerprint density at radius 3 is 2.45 bits per heavy atom. The molecule has 0 spiro atoms. The van der Waals surface area contributed by atoms with Gasteiger partial charge in [-0.05, 0) is 89.1 Å². The van der Waals surface area contributed by atoms with Gasteiger partial charge in [-0.2, -0.15) is 0 Å². The van der Waals surface area contributed by atoms with Crippen molar-refractivity contribution >= 4 is 17.5 Å². The zero-order chi connectivity index (χ0) is 31.6. The van der Waals surface area contributed by atoms with Crippen LogP contribution in [0.4, 0.5) is 5.69 Å². The molecule has 4 rings (SSSR count). The average Bonchev–Trinajstić information content (AvgIpc) is 3.00. The van der Waals surface area contributed by atoms with Crippen molar-refractivity contribution in [2.75, 3.05) is 52.7 Å². The van der Waals surface area contributed by atoms with E-state index in [0.717, 1.165) is 30.0 Å². The summed E-state index contributed by atoms with van der Waals surface area (Å²) < 4.78 is 12.5. The van der Waals surface area contributed by atoms with Crippen LogP contribution >= 0.6 is 0 Å². The molecule has 0 radical (unpaired) electrons. The van der Waals surface area contributed by atoms with E-state index in [9.17, 15) is 14.7 Å². The smallest absolute Gasteiger partial charge is 0.258 e. The third-order valence-corrected chi connectivity index (χ3v) is 7.80. The third-order valence-electron chi connectivity index (χ3n) is 7.80. The Bertz CT molecular complexity index is 1370. The van der Waals surface area contributed by atoms with E-state index < -0.39 is 0 Å². The van der Waals surface area contributed by atoms with E-state index in [0.29, 0.717) is 43.1 Å². The fourth-order valence-electron chi connectivity index (χ4n) is 5.27. The van der Waals surface area contributed by atoms with Crippen LogP contribution in [-0.4, -0.2) is 91.2 Å². The first-order valence-corrected chi connectivity index (χ1v) is 15.3. The number of para-hydroxylation sites is 1. The summed E-state index contributed by atoms with van der Waals surface area (Å²) in [5.74, 6) is 1.74. The summed E-state index contributed by atoms with van der Waals surface area (Å²) in [7, 11) is 6.00. The number of likely N-dealkylation sites (N-methyl/N-ethyl adjacent to an activating group) is 1. The van der Waals surface area contributed by atoms with Crippen LogP contribution in [-0.2, 0) is 11.3 Å². The summed E-state index contributed by atoms with van der Waals surface area (Å²) >= 11 is 0. The van der Waals surface area contributed by atoms with Crippen molar-refractivity contribution in [1.29, 1.82) is 0 Å². The molecule has 0 aliphatic carbocycles. The molecule has 9 heteroatoms. The molecular formula is C35H46N4O5. The number of anilines is 1. The number of nitrogens with zero attached hydrogens (tertiary/aromatic N) is 3. The average molecular weight is 603 g/mol. The Morgan fingerprint density at radius 2 is 1.77 bits per heavy atom. The monoisotopic (exact) mass is 602 g/mol. The summed E-state index contributed by atoms with van der Waals surface area (Å²) in [5, 5.41) is 12.9. The number of nitrogens with one attached hydrogen (secondary N) is 1. The van der Waals surface area contributed by atoms with Crippen molar-refractivity contribution < 1.29 is 24.2 Å². The van der Waals surface area contributed by atoms with Gasteiger partial charge in [-0.25, -0.2) is 0 Å². The maximum Gasteiger partial charge on any atom is 0.258 e. The fourth-order valence-corrected chi connectivity index (χ4v) is 5.27. The summed E-state index contributed by atoms with van der Waals surface area (Å²) in [6, 6.07) is 22.6. The van der Waals surface area contributed by atoms with Gasteiger partial charge in [0.2, 0.25) is 5.91 Å². The molecule has 44 heavy (non-hydrogen) atoms. The first-order valence-electron chi connectivity index (χ1n) is 15.3. The van der Waals surface area contributed by atoms with Gasteiger partial charge in [0, 0.05) is 37.7 Å². The van der Waals surface area contributed by atoms with Crippen molar-refractivity contribution in [3.8, 4) is 17.2 Å². The van der Waals surface area contributed by atoms with Crippen LogP contribution in [0.25, 0.3) is 0 Å². The minimum atomic E-state index is -0.366. The second-order valence-corrected chi connectivity index (χ2v) is 12.0. The summed E-state index contributed by atoms with van der Waals surface area (Å²) in [4.78, 5) is 32.2. The van der Waals surface area contributed by atoms with E-state index in [1.54, 1.807) is 23.1 Å². The molecule has 0 aromatic heterocycles. The molecule has 3 aromatic rings. The first-order chi connectivity index (χ1) is 21.1. The number of hydrogen-bond donors (Lipinski definition) is 2. The molecule has 3 aromatic carbocycles. The highest BCUT2D eigenvalue weighted by Gasteiger charge is 2.33. The summed E-state index contributed by atoms with van der Waals surface area (Å²) in [5.41, 5.74) is 2.07. The highest BCUT2D eigenvalue weighted by atomic mass is 16.5. The molecule has 1 aliphatic rings. The van der Waals surface area contributed by atoms with E-state index in [4.69, 9.17) is 9.47 Å². The Kier molecular flexibility index (Phi) is 11.8. The van der Waals surface area contributed by atoms with Gasteiger partial charge in [0.05, 0.1) is 18.2 Å². The number of carbonyl (C=O) groups is 2. The molecule has 9 nitrogen and oxygen atoms in total. The standard InChI is InChI=1S/C35H46N4O5/c1-25-21-39(26(2)24-40)35(42)31-20-28(36-34(41)12-9-19-37(3)4)15-18-32(31)44-33(25)23-38(5)22-27-13-16-30(17-14-27)43-29-10-7-6-8-11-29/h6-8,10-11,13-18,20,25-26,33,40H,9,12,19,21-24H2,1-5H3,(H,36,41)/t25-,26+,33+/m1/s1. The largest absolute Gasteiger partial charge is 0.488 e. The van der Waals surface area contributed by atoms with Gasteiger partial charge < -0.3 is 29.7 Å². The van der Waals surface area contributed by atoms with Crippen LogP contribution < -0.4 is 14.8 Å². The molecule has 0 unspecified atom stereocenters. The number of aliphatic hydroxyl groups is 1. The Balaban J connectivity index is 1.46. The highest BCUT2D eigenvalue weighted by Crippen LogP contribution is 2.31. The van der Waals surface area contributed by atoms with Gasteiger partial charge in [0.1, 0.15) is 23.4 Å². The van der Waals surface area contributed by atoms with Gasteiger partial charge in [-0.1, -0.05) is 37.3 Å². The van der Waals surface area contributed by atoms with Gasteiger partial charge in [0.25, 0.3) is 5.91 Å². The van der Waals surface area contributed by atoms with Crippen LogP contribution in [0.1, 0.15) is 42.6 Å². The lowest BCUT2D eigenvalue weighted by Gasteiger charge is -2.38. The SMILES string of the molecule is C[C@@H]1CN([C@@H](C)CO)C(=O)c2cc(NC(=O)CCCN(C)C)ccc2O[C@H]1CN(C)Cc1ccc(Oc2ccccc2)cc1. The van der Waals surface area contributed by atoms with Crippen molar-refractivity contribution in [2.24, 2.45) is 5.92 Å². The molecule has 0 fully saturated rings. The van der Waals surface area contributed by atoms with Crippen molar-refractivity contribution in [1.82, 2.24) is 14.7 Å². The second kappa shape index (κ2) is 15.7. The van der Waals surface area contributed by atoms with Crippen LogP contribution in [0, 0.1) is 5.92 Å². The minimum Gasteiger partial charge on any atom is -0.488 e. The number of amides is 2. The number of hydrogen-bond acceptors (Lipinski definition) is 7. The number of benzene rings is 3. The van der Waals surface area contributed by atoms with E-state index >= 15 is 0 Å². The number of ether oxygens (including phenoxy) is 2. The predicted molar refractivity (Wildman–Crippen MR) is 173 cm³/mol. The number of rotatable bonds is 13. The third kappa shape index (κ3) is 9.29. The molecule has 236 valence electrons. The molecule has 2 N–H and O–H groups in total. The molecule has 1 heterocycles. The van der Waals surface area contributed by atoms with E-state index in [1.807, 2.05) is 68.4 Å². The van der Waals surface area contributed by atoms with E-state index in [2.05, 4.69) is 36.3 Å². The summed E-state index contributed by atoms with van der Waals surface area (Å²) in [6.45, 7) is 6.36. The highest BCUT2D eigenvalue weighted by molar-refractivity contribution is 5.99. The fraction of sp³-hybridized carbons (Fsp3) is 0.429. The lowest BCUT2D eigenvalue weighted by Crippen LogP contribution is -2.49. The van der Waals surface area contributed by atoms with Gasteiger partial charge in [0.15, 0.2) is 0 Å². The topological polar surface area (TPSA) is 94.6 Å². The van der Waals surface area contributed by atoms with Crippen LogP contribution in [0.15, 0.2) is 72.8 Å². The minimum absolute atomic E-state index is 0.00118. The Hall–Kier alpha value is -3.92. The molecule has 0 bridgehead atoms. The molecule has 0 saturated heterocycles. The zero-order valence-electron chi connectivity index (χ0n) is 26.5. The van der Waals surface area contributed by atoms with Gasteiger partial charge in [-0.15, -0.1) is 0 Å². The van der Waals surface area contributed by atoms with Crippen LogP contribution in [0.2, 0.25) is 0 Å². The van der Waals surface area contributed by atoms with Crippen LogP contribution in [0.5, 0.6) is 17.2 Å². The van der Waals surface area contributed by atoms with Crippen molar-refractivity contribution in [3.05, 3.63) is 83.9 Å². The lowest BCUT2D eigenvalue weighted by molar-refractivity contribution is -0.116. The maximum absolute atomic E-state index is 13.7. The van der Waals surface area contributed by atoms with Gasteiger partial charge in [-0.3, -0.25) is 14.5 Å². The number of carbonyl (C=O) groups excluding carboxylic acids is 2. The lowest BCUT2D eigenvalue weighted by atomic mass is 9.99. The molecule has 0 saturated carbocycles. The van der Waals surface area contributed by atoms with Crippen LogP contribution in [0.3, 0.4) is 0 Å². The molecular weight excluding hydrogens is 556 g/mol. The quantitative estimate of drug-likeness (QED) is 0.281. The Labute approximate surface area is 261 Å². The first kappa shape index (κ1) is 33.0. The normalized spacial score (nSPS) is 17.5. The number of aliphatic hydroxyl groups excluding tert-OH is 1. The maximum atomic E-state index is 13.7. The molecule has 3 atom stereocenters. The second-order valence-electron chi connectivity index (χ2n) is 12.0. The van der Waals surface area contributed by atoms with Gasteiger partial charge >= 0.3 is 0 Å². The van der Waals surface area contributed by atoms with E-state index in [1.165, 1.54) is 0 Å². The van der Waals surface area contributed by atoms with E-state index in [-0.39, 0.29) is 36.5 Å².